The molecule has 0 aromatic carbocycles. The average Bonchev–Trinajstić information content (AvgIpc) is 2.88. The van der Waals surface area contributed by atoms with Gasteiger partial charge in [-0.2, -0.15) is 0 Å². The zero-order valence-corrected chi connectivity index (χ0v) is 11.3. The van der Waals surface area contributed by atoms with Gasteiger partial charge in [0.1, 0.15) is 0 Å². The molecule has 0 amide bonds. The second kappa shape index (κ2) is 6.40. The molecule has 2 rings (SSSR count). The van der Waals surface area contributed by atoms with Crippen LogP contribution >= 0.6 is 0 Å². The summed E-state index contributed by atoms with van der Waals surface area (Å²) in [7, 11) is -3.90. The molecule has 1 aliphatic carbocycles. The third-order valence-electron chi connectivity index (χ3n) is 3.03. The summed E-state index contributed by atoms with van der Waals surface area (Å²) in [6.07, 6.45) is 5.86. The summed E-state index contributed by atoms with van der Waals surface area (Å²) in [4.78, 5) is 3.54. The van der Waals surface area contributed by atoms with Crippen LogP contribution in [0.4, 0.5) is 4.39 Å². The smallest absolute Gasteiger partial charge is 0.261 e. The molecule has 1 aliphatic rings. The molecule has 1 N–H and O–H groups in total. The third-order valence-corrected chi connectivity index (χ3v) is 4.42. The molecule has 0 unspecified atom stereocenters. The number of halogens is 1. The monoisotopic (exact) mass is 288 g/mol. The van der Waals surface area contributed by atoms with E-state index >= 15 is 0 Å². The van der Waals surface area contributed by atoms with Crippen molar-refractivity contribution in [3.05, 3.63) is 24.1 Å². The van der Waals surface area contributed by atoms with Crippen LogP contribution in [0, 0.1) is 5.82 Å². The Morgan fingerprint density at radius 2 is 2.16 bits per heavy atom. The van der Waals surface area contributed by atoms with Crippen molar-refractivity contribution in [3.8, 4) is 0 Å². The minimum atomic E-state index is -3.90. The highest BCUT2D eigenvalue weighted by atomic mass is 32.2. The maximum atomic E-state index is 13.3. The lowest BCUT2D eigenvalue weighted by Crippen LogP contribution is -2.29. The van der Waals surface area contributed by atoms with Crippen molar-refractivity contribution >= 4 is 10.0 Å². The van der Waals surface area contributed by atoms with Gasteiger partial charge in [-0.3, -0.25) is 0 Å². The average molecular weight is 288 g/mol. The van der Waals surface area contributed by atoms with Gasteiger partial charge in [-0.25, -0.2) is 22.5 Å². The summed E-state index contributed by atoms with van der Waals surface area (Å²) < 4.78 is 44.7. The lowest BCUT2D eigenvalue weighted by atomic mass is 10.3. The van der Waals surface area contributed by atoms with E-state index in [4.69, 9.17) is 4.74 Å². The van der Waals surface area contributed by atoms with E-state index in [-0.39, 0.29) is 12.6 Å². The maximum absolute atomic E-state index is 13.3. The lowest BCUT2D eigenvalue weighted by Gasteiger charge is -2.11. The Kier molecular flexibility index (Phi) is 4.84. The van der Waals surface area contributed by atoms with Gasteiger partial charge in [0.15, 0.2) is 5.82 Å². The number of nitrogens with zero attached hydrogens (tertiary/aromatic N) is 1. The number of pyridine rings is 1. The van der Waals surface area contributed by atoms with E-state index in [9.17, 15) is 12.8 Å². The van der Waals surface area contributed by atoms with Crippen LogP contribution in [0.3, 0.4) is 0 Å². The van der Waals surface area contributed by atoms with Gasteiger partial charge in [-0.15, -0.1) is 0 Å². The fourth-order valence-corrected chi connectivity index (χ4v) is 3.11. The van der Waals surface area contributed by atoms with Gasteiger partial charge in [0.2, 0.25) is 5.03 Å². The van der Waals surface area contributed by atoms with E-state index in [1.54, 1.807) is 0 Å². The first-order valence-electron chi connectivity index (χ1n) is 6.31. The van der Waals surface area contributed by atoms with Crippen LogP contribution in [0.25, 0.3) is 0 Å². The summed E-state index contributed by atoms with van der Waals surface area (Å²) in [6, 6.07) is 2.41. The van der Waals surface area contributed by atoms with Gasteiger partial charge in [-0.05, 0) is 25.0 Å². The Balaban J connectivity index is 1.82. The lowest BCUT2D eigenvalue weighted by molar-refractivity contribution is 0.0626. The molecule has 7 heteroatoms. The number of sulfonamides is 1. The molecule has 19 heavy (non-hydrogen) atoms. The van der Waals surface area contributed by atoms with E-state index in [1.165, 1.54) is 12.3 Å². The van der Waals surface area contributed by atoms with E-state index in [0.717, 1.165) is 31.7 Å². The number of rotatable bonds is 6. The standard InChI is InChI=1S/C12H17FN2O3S/c13-11-6-3-7-14-12(11)19(16,17)15-8-9-18-10-4-1-2-5-10/h3,6-7,10,15H,1-2,4-5,8-9H2. The van der Waals surface area contributed by atoms with Crippen LogP contribution < -0.4 is 4.72 Å². The van der Waals surface area contributed by atoms with Crippen molar-refractivity contribution in [1.29, 1.82) is 0 Å². The Hall–Kier alpha value is -1.05. The van der Waals surface area contributed by atoms with Gasteiger partial charge in [0.25, 0.3) is 10.0 Å². The molecule has 5 nitrogen and oxygen atoms in total. The Morgan fingerprint density at radius 1 is 1.42 bits per heavy atom. The normalized spacial score (nSPS) is 16.9. The molecule has 0 spiro atoms. The van der Waals surface area contributed by atoms with Crippen LogP contribution in [-0.2, 0) is 14.8 Å². The largest absolute Gasteiger partial charge is 0.377 e. The van der Waals surface area contributed by atoms with Crippen LogP contribution in [0.1, 0.15) is 25.7 Å². The van der Waals surface area contributed by atoms with Crippen LogP contribution in [0.5, 0.6) is 0 Å². The zero-order chi connectivity index (χ0) is 13.7. The van der Waals surface area contributed by atoms with Gasteiger partial charge in [-0.1, -0.05) is 12.8 Å². The van der Waals surface area contributed by atoms with E-state index in [2.05, 4.69) is 9.71 Å². The fourth-order valence-electron chi connectivity index (χ4n) is 2.09. The summed E-state index contributed by atoms with van der Waals surface area (Å²) in [5.41, 5.74) is 0. The number of hydrogen-bond acceptors (Lipinski definition) is 4. The van der Waals surface area contributed by atoms with Gasteiger partial charge < -0.3 is 4.74 Å². The SMILES string of the molecule is O=S(=O)(NCCOC1CCCC1)c1ncccc1F. The van der Waals surface area contributed by atoms with Crippen molar-refractivity contribution in [3.63, 3.8) is 0 Å². The molecular formula is C12H17FN2O3S. The molecule has 0 saturated heterocycles. The molecule has 0 bridgehead atoms. The van der Waals surface area contributed by atoms with Crippen LogP contribution in [-0.4, -0.2) is 32.7 Å². The predicted octanol–water partition coefficient (Wildman–Crippen LogP) is 1.46. The van der Waals surface area contributed by atoms with Crippen molar-refractivity contribution in [2.24, 2.45) is 0 Å². The minimum absolute atomic E-state index is 0.120. The predicted molar refractivity (Wildman–Crippen MR) is 67.6 cm³/mol. The first-order chi connectivity index (χ1) is 9.09. The van der Waals surface area contributed by atoms with Crippen molar-refractivity contribution in [1.82, 2.24) is 9.71 Å². The molecule has 0 atom stereocenters. The quantitative estimate of drug-likeness (QED) is 0.805. The highest BCUT2D eigenvalue weighted by Crippen LogP contribution is 2.20. The molecule has 1 aromatic rings. The molecule has 106 valence electrons. The Morgan fingerprint density at radius 3 is 2.84 bits per heavy atom. The molecule has 1 saturated carbocycles. The topological polar surface area (TPSA) is 68.3 Å². The van der Waals surface area contributed by atoms with Gasteiger partial charge in [0, 0.05) is 12.7 Å². The molecule has 1 aromatic heterocycles. The Bertz CT molecular complexity index is 515. The second-order valence-corrected chi connectivity index (χ2v) is 6.15. The summed E-state index contributed by atoms with van der Waals surface area (Å²) >= 11 is 0. The maximum Gasteiger partial charge on any atom is 0.261 e. The van der Waals surface area contributed by atoms with Crippen LogP contribution in [0.2, 0.25) is 0 Å². The van der Waals surface area contributed by atoms with Gasteiger partial charge in [0.05, 0.1) is 12.7 Å². The summed E-state index contributed by atoms with van der Waals surface area (Å²) in [5.74, 6) is -0.855. The molecule has 1 fully saturated rings. The number of aromatic nitrogens is 1. The first-order valence-corrected chi connectivity index (χ1v) is 7.80. The van der Waals surface area contributed by atoms with Gasteiger partial charge >= 0.3 is 0 Å². The Labute approximate surface area is 112 Å². The first kappa shape index (κ1) is 14.4. The van der Waals surface area contributed by atoms with E-state index in [0.29, 0.717) is 6.61 Å². The van der Waals surface area contributed by atoms with Crippen molar-refractivity contribution < 1.29 is 17.5 Å². The van der Waals surface area contributed by atoms with Crippen LogP contribution in [0.15, 0.2) is 23.4 Å². The van der Waals surface area contributed by atoms with E-state index in [1.807, 2.05) is 0 Å². The number of ether oxygens (including phenoxy) is 1. The number of hydrogen-bond donors (Lipinski definition) is 1. The zero-order valence-electron chi connectivity index (χ0n) is 10.5. The third kappa shape index (κ3) is 3.95. The molecular weight excluding hydrogens is 271 g/mol. The molecule has 1 heterocycles. The highest BCUT2D eigenvalue weighted by Gasteiger charge is 2.20. The summed E-state index contributed by atoms with van der Waals surface area (Å²) in [5, 5.41) is -0.573. The minimum Gasteiger partial charge on any atom is -0.377 e. The number of nitrogens with one attached hydrogen (secondary N) is 1. The fraction of sp³-hybridized carbons (Fsp3) is 0.583. The van der Waals surface area contributed by atoms with Crippen molar-refractivity contribution in [2.45, 2.75) is 36.8 Å². The molecule has 0 radical (unpaired) electrons. The second-order valence-electron chi connectivity index (χ2n) is 4.47. The summed E-state index contributed by atoms with van der Waals surface area (Å²) in [6.45, 7) is 0.410. The molecule has 0 aliphatic heterocycles. The van der Waals surface area contributed by atoms with E-state index < -0.39 is 20.9 Å². The van der Waals surface area contributed by atoms with Crippen molar-refractivity contribution in [2.75, 3.05) is 13.2 Å². The highest BCUT2D eigenvalue weighted by molar-refractivity contribution is 7.89.